The Kier molecular flexibility index (Phi) is 12.7. The number of hydrogen-bond donors (Lipinski definition) is 1. The lowest BCUT2D eigenvalue weighted by atomic mass is 10.2. The van der Waals surface area contributed by atoms with E-state index in [9.17, 15) is 14.7 Å². The molecule has 0 aliphatic rings. The first-order chi connectivity index (χ1) is 15.3. The van der Waals surface area contributed by atoms with Crippen molar-refractivity contribution in [3.05, 3.63) is 59.7 Å². The Balaban J connectivity index is 0.000000347. The van der Waals surface area contributed by atoms with Gasteiger partial charge in [-0.2, -0.15) is 0 Å². The molecule has 6 heteroatoms. The Hall–Kier alpha value is -2.31. The molecular formula is C26H37NO4S. The summed E-state index contributed by atoms with van der Waals surface area (Å²) in [7, 11) is 0. The molecule has 0 saturated carbocycles. The van der Waals surface area contributed by atoms with Crippen LogP contribution in [0.3, 0.4) is 0 Å². The fourth-order valence-corrected chi connectivity index (χ4v) is 5.20. The minimum Gasteiger partial charge on any atom is -0.545 e. The second kappa shape index (κ2) is 14.7. The predicted molar refractivity (Wildman–Crippen MR) is 129 cm³/mol. The van der Waals surface area contributed by atoms with Gasteiger partial charge in [0.05, 0.1) is 37.7 Å². The van der Waals surface area contributed by atoms with Gasteiger partial charge in [-0.15, -0.1) is 0 Å². The van der Waals surface area contributed by atoms with Gasteiger partial charge in [0.2, 0.25) is 0 Å². The molecule has 176 valence electrons. The average Bonchev–Trinajstić information content (AvgIpc) is 2.75. The molecule has 0 radical (unpaired) electrons. The summed E-state index contributed by atoms with van der Waals surface area (Å²) in [6.45, 7) is 14.8. The minimum atomic E-state index is -1.28. The van der Waals surface area contributed by atoms with Crippen LogP contribution in [0, 0.1) is 0 Å². The van der Waals surface area contributed by atoms with Crippen molar-refractivity contribution in [2.45, 2.75) is 63.2 Å². The van der Waals surface area contributed by atoms with E-state index >= 15 is 0 Å². The molecule has 2 aromatic rings. The van der Waals surface area contributed by atoms with Crippen molar-refractivity contribution >= 4 is 23.7 Å². The number of carboxylic acid groups (broad SMARTS) is 2. The standard InChI is InChI=1S/C14H10O4S.C12H28N/c15-13(16)9-5-1-3-7-11(9)19-12-8-4-2-6-10(12)14(17)18;1-5-9-13(10-6-2,11-7-3)12-8-4/h1-8H,(H,15,16)(H,17,18);5-12H2,1-4H3/q;+1/p-1. The minimum absolute atomic E-state index is 0.0488. The predicted octanol–water partition coefficient (Wildman–Crippen LogP) is 5.34. The van der Waals surface area contributed by atoms with Gasteiger partial charge in [-0.05, 0) is 43.9 Å². The summed E-state index contributed by atoms with van der Waals surface area (Å²) < 4.78 is 1.38. The quantitative estimate of drug-likeness (QED) is 0.433. The molecule has 0 aliphatic heterocycles. The van der Waals surface area contributed by atoms with Crippen molar-refractivity contribution in [3.63, 3.8) is 0 Å². The molecule has 0 amide bonds. The van der Waals surface area contributed by atoms with Crippen LogP contribution in [-0.2, 0) is 0 Å². The summed E-state index contributed by atoms with van der Waals surface area (Å²) in [6.07, 6.45) is 5.33. The van der Waals surface area contributed by atoms with Crippen LogP contribution in [0.25, 0.3) is 0 Å². The molecule has 1 N–H and O–H groups in total. The molecular weight excluding hydrogens is 422 g/mol. The second-order valence-corrected chi connectivity index (χ2v) is 9.01. The molecule has 2 rings (SSSR count). The zero-order valence-corrected chi connectivity index (χ0v) is 20.6. The van der Waals surface area contributed by atoms with Crippen molar-refractivity contribution in [3.8, 4) is 0 Å². The number of carbonyl (C=O) groups is 2. The maximum atomic E-state index is 11.1. The Morgan fingerprint density at radius 1 is 0.750 bits per heavy atom. The van der Waals surface area contributed by atoms with Crippen LogP contribution in [0.1, 0.15) is 74.1 Å². The number of carboxylic acids is 2. The molecule has 32 heavy (non-hydrogen) atoms. The summed E-state index contributed by atoms with van der Waals surface area (Å²) in [5.41, 5.74) is 0.188. The van der Waals surface area contributed by atoms with E-state index in [1.165, 1.54) is 68.5 Å². The third-order valence-electron chi connectivity index (χ3n) is 5.24. The van der Waals surface area contributed by atoms with Crippen molar-refractivity contribution < 1.29 is 24.3 Å². The summed E-state index contributed by atoms with van der Waals surface area (Å²) in [6, 6.07) is 12.8. The van der Waals surface area contributed by atoms with Gasteiger partial charge in [-0.25, -0.2) is 4.79 Å². The fraction of sp³-hybridized carbons (Fsp3) is 0.462. The molecule has 5 nitrogen and oxygen atoms in total. The maximum Gasteiger partial charge on any atom is 0.336 e. The Labute approximate surface area is 197 Å². The van der Waals surface area contributed by atoms with E-state index in [0.29, 0.717) is 9.79 Å². The van der Waals surface area contributed by atoms with E-state index < -0.39 is 11.9 Å². The third-order valence-corrected chi connectivity index (χ3v) is 6.39. The lowest BCUT2D eigenvalue weighted by Gasteiger charge is -2.38. The van der Waals surface area contributed by atoms with Crippen LogP contribution in [0.2, 0.25) is 0 Å². The third kappa shape index (κ3) is 8.67. The van der Waals surface area contributed by atoms with Crippen LogP contribution in [0.15, 0.2) is 58.3 Å². The lowest BCUT2D eigenvalue weighted by molar-refractivity contribution is -0.928. The summed E-state index contributed by atoms with van der Waals surface area (Å²) >= 11 is 1.10. The first-order valence-corrected chi connectivity index (χ1v) is 12.3. The van der Waals surface area contributed by atoms with Gasteiger partial charge in [-0.1, -0.05) is 69.8 Å². The topological polar surface area (TPSA) is 77.4 Å². The van der Waals surface area contributed by atoms with Crippen LogP contribution >= 0.6 is 11.8 Å². The van der Waals surface area contributed by atoms with E-state index in [4.69, 9.17) is 5.11 Å². The van der Waals surface area contributed by atoms with E-state index in [1.54, 1.807) is 36.4 Å². The molecule has 0 aliphatic carbocycles. The van der Waals surface area contributed by atoms with E-state index in [0.717, 1.165) is 11.8 Å². The largest absolute Gasteiger partial charge is 0.545 e. The number of rotatable bonds is 12. The van der Waals surface area contributed by atoms with Crippen molar-refractivity contribution in [1.29, 1.82) is 0 Å². The molecule has 0 heterocycles. The van der Waals surface area contributed by atoms with Crippen LogP contribution in [-0.4, -0.2) is 47.7 Å². The number of quaternary nitrogens is 1. The van der Waals surface area contributed by atoms with Gasteiger partial charge >= 0.3 is 5.97 Å². The normalized spacial score (nSPS) is 10.9. The van der Waals surface area contributed by atoms with Crippen LogP contribution in [0.4, 0.5) is 0 Å². The van der Waals surface area contributed by atoms with E-state index in [-0.39, 0.29) is 11.1 Å². The maximum absolute atomic E-state index is 11.1. The summed E-state index contributed by atoms with van der Waals surface area (Å²) in [5, 5.41) is 20.1. The van der Waals surface area contributed by atoms with Crippen molar-refractivity contribution in [2.75, 3.05) is 26.2 Å². The Bertz CT molecular complexity index is 768. The number of aromatic carboxylic acids is 2. The smallest absolute Gasteiger partial charge is 0.336 e. The van der Waals surface area contributed by atoms with Crippen LogP contribution in [0.5, 0.6) is 0 Å². The lowest BCUT2D eigenvalue weighted by Crippen LogP contribution is -2.50. The fourth-order valence-electron chi connectivity index (χ4n) is 4.14. The first kappa shape index (κ1) is 27.7. The molecule has 0 atom stereocenters. The van der Waals surface area contributed by atoms with E-state index in [2.05, 4.69) is 27.7 Å². The molecule has 2 aromatic carbocycles. The second-order valence-electron chi connectivity index (χ2n) is 7.92. The first-order valence-electron chi connectivity index (χ1n) is 11.5. The SMILES string of the molecule is CCC[N+](CCC)(CCC)CCC.O=C([O-])c1ccccc1Sc1ccccc1C(=O)O. The van der Waals surface area contributed by atoms with Crippen molar-refractivity contribution in [1.82, 2.24) is 0 Å². The zero-order valence-electron chi connectivity index (χ0n) is 19.8. The van der Waals surface area contributed by atoms with Crippen LogP contribution < -0.4 is 5.11 Å². The molecule has 0 unspecified atom stereocenters. The van der Waals surface area contributed by atoms with Gasteiger partial charge in [0.1, 0.15) is 0 Å². The van der Waals surface area contributed by atoms with Gasteiger partial charge < -0.3 is 19.5 Å². The van der Waals surface area contributed by atoms with Gasteiger partial charge in [-0.3, -0.25) is 0 Å². The Morgan fingerprint density at radius 2 is 1.12 bits per heavy atom. The highest BCUT2D eigenvalue weighted by atomic mass is 32.2. The van der Waals surface area contributed by atoms with Crippen molar-refractivity contribution in [2.24, 2.45) is 0 Å². The molecule has 0 saturated heterocycles. The molecule has 0 aromatic heterocycles. The highest BCUT2D eigenvalue weighted by Crippen LogP contribution is 2.32. The monoisotopic (exact) mass is 459 g/mol. The molecule has 0 bridgehead atoms. The average molecular weight is 460 g/mol. The number of carbonyl (C=O) groups excluding carboxylic acids is 1. The summed E-state index contributed by atoms with van der Waals surface area (Å²) in [4.78, 5) is 23.0. The molecule has 0 fully saturated rings. The zero-order chi connectivity index (χ0) is 24.0. The van der Waals surface area contributed by atoms with Gasteiger partial charge in [0.15, 0.2) is 0 Å². The summed E-state index contributed by atoms with van der Waals surface area (Å²) in [5.74, 6) is -2.33. The number of nitrogens with zero attached hydrogens (tertiary/aromatic N) is 1. The van der Waals surface area contributed by atoms with Gasteiger partial charge in [0, 0.05) is 15.4 Å². The van der Waals surface area contributed by atoms with E-state index in [1.807, 2.05) is 0 Å². The Morgan fingerprint density at radius 3 is 1.50 bits per heavy atom. The number of benzene rings is 2. The van der Waals surface area contributed by atoms with Gasteiger partial charge in [0.25, 0.3) is 0 Å². The highest BCUT2D eigenvalue weighted by molar-refractivity contribution is 7.99. The highest BCUT2D eigenvalue weighted by Gasteiger charge is 2.22. The number of hydrogen-bond acceptors (Lipinski definition) is 4. The molecule has 0 spiro atoms.